The molecule has 0 aliphatic heterocycles. The van der Waals surface area contributed by atoms with Gasteiger partial charge in [-0.1, -0.05) is 19.9 Å². The van der Waals surface area contributed by atoms with Crippen LogP contribution in [0.2, 0.25) is 0 Å². The van der Waals surface area contributed by atoms with Crippen molar-refractivity contribution < 1.29 is 13.2 Å². The van der Waals surface area contributed by atoms with Gasteiger partial charge in [0.1, 0.15) is 0 Å². The maximum atomic E-state index is 11.8. The number of sulfonamides is 1. The van der Waals surface area contributed by atoms with Crippen LogP contribution in [0.25, 0.3) is 0 Å². The van der Waals surface area contributed by atoms with E-state index in [9.17, 15) is 13.2 Å². The van der Waals surface area contributed by atoms with Crippen LogP contribution in [0.3, 0.4) is 0 Å². The lowest BCUT2D eigenvalue weighted by molar-refractivity contribution is -0.119. The Morgan fingerprint density at radius 2 is 2.06 bits per heavy atom. The van der Waals surface area contributed by atoms with E-state index < -0.39 is 10.0 Å². The molecule has 1 amide bonds. The van der Waals surface area contributed by atoms with Crippen molar-refractivity contribution >= 4 is 21.6 Å². The molecule has 0 spiro atoms. The fourth-order valence-corrected chi connectivity index (χ4v) is 1.89. The highest BCUT2D eigenvalue weighted by molar-refractivity contribution is 7.89. The van der Waals surface area contributed by atoms with Gasteiger partial charge in [-0.2, -0.15) is 0 Å². The second-order valence-electron chi connectivity index (χ2n) is 4.32. The van der Waals surface area contributed by atoms with Crippen molar-refractivity contribution in [3.63, 3.8) is 0 Å². The first-order valence-electron chi connectivity index (χ1n) is 5.70. The van der Waals surface area contributed by atoms with Crippen molar-refractivity contribution in [3.8, 4) is 0 Å². The number of hydrogen-bond acceptors (Lipinski definition) is 3. The SMILES string of the molecule is CCC(C)C(=O)Nc1cc(S(N)(=O)=O)ccc1C. The van der Waals surface area contributed by atoms with Gasteiger partial charge in [0.05, 0.1) is 4.90 Å². The number of primary sulfonamides is 1. The molecule has 18 heavy (non-hydrogen) atoms. The topological polar surface area (TPSA) is 89.3 Å². The first-order chi connectivity index (χ1) is 8.25. The summed E-state index contributed by atoms with van der Waals surface area (Å²) in [6.45, 7) is 5.52. The highest BCUT2D eigenvalue weighted by Gasteiger charge is 2.14. The number of aryl methyl sites for hydroxylation is 1. The van der Waals surface area contributed by atoms with Crippen molar-refractivity contribution in [2.24, 2.45) is 11.1 Å². The molecule has 1 aromatic carbocycles. The molecule has 0 fully saturated rings. The predicted molar refractivity (Wildman–Crippen MR) is 70.6 cm³/mol. The molecule has 100 valence electrons. The van der Waals surface area contributed by atoms with E-state index in [4.69, 9.17) is 5.14 Å². The predicted octanol–water partition coefficient (Wildman–Crippen LogP) is 1.63. The molecule has 1 aromatic rings. The number of amides is 1. The quantitative estimate of drug-likeness (QED) is 0.871. The van der Waals surface area contributed by atoms with Gasteiger partial charge in [-0.25, -0.2) is 13.6 Å². The van der Waals surface area contributed by atoms with Gasteiger partial charge in [0.2, 0.25) is 15.9 Å². The molecule has 3 N–H and O–H groups in total. The number of nitrogens with two attached hydrogens (primary N) is 1. The summed E-state index contributed by atoms with van der Waals surface area (Å²) in [4.78, 5) is 11.8. The Morgan fingerprint density at radius 1 is 1.44 bits per heavy atom. The molecule has 1 rings (SSSR count). The van der Waals surface area contributed by atoms with Crippen LogP contribution in [-0.4, -0.2) is 14.3 Å². The minimum atomic E-state index is -3.75. The lowest BCUT2D eigenvalue weighted by Gasteiger charge is -2.13. The van der Waals surface area contributed by atoms with Gasteiger partial charge in [0.15, 0.2) is 0 Å². The van der Waals surface area contributed by atoms with Crippen molar-refractivity contribution in [1.82, 2.24) is 0 Å². The maximum Gasteiger partial charge on any atom is 0.238 e. The average Bonchev–Trinajstić information content (AvgIpc) is 2.29. The lowest BCUT2D eigenvalue weighted by Crippen LogP contribution is -2.21. The Kier molecular flexibility index (Phi) is 4.48. The monoisotopic (exact) mass is 270 g/mol. The minimum Gasteiger partial charge on any atom is -0.326 e. The number of benzene rings is 1. The summed E-state index contributed by atoms with van der Waals surface area (Å²) < 4.78 is 22.5. The van der Waals surface area contributed by atoms with E-state index in [0.29, 0.717) is 5.69 Å². The fraction of sp³-hybridized carbons (Fsp3) is 0.417. The smallest absolute Gasteiger partial charge is 0.238 e. The zero-order chi connectivity index (χ0) is 13.9. The van der Waals surface area contributed by atoms with Gasteiger partial charge >= 0.3 is 0 Å². The van der Waals surface area contributed by atoms with Gasteiger partial charge in [0, 0.05) is 11.6 Å². The van der Waals surface area contributed by atoms with Gasteiger partial charge in [-0.3, -0.25) is 4.79 Å². The van der Waals surface area contributed by atoms with E-state index in [-0.39, 0.29) is 16.7 Å². The maximum absolute atomic E-state index is 11.8. The fourth-order valence-electron chi connectivity index (χ4n) is 1.35. The number of rotatable bonds is 4. The number of carbonyl (C=O) groups is 1. The summed E-state index contributed by atoms with van der Waals surface area (Å²) in [5, 5.41) is 7.77. The molecular formula is C12H18N2O3S. The summed E-state index contributed by atoms with van der Waals surface area (Å²) in [5.41, 5.74) is 1.27. The van der Waals surface area contributed by atoms with E-state index in [2.05, 4.69) is 5.32 Å². The molecule has 0 heterocycles. The van der Waals surface area contributed by atoms with Crippen LogP contribution < -0.4 is 10.5 Å². The lowest BCUT2D eigenvalue weighted by atomic mass is 10.1. The molecule has 0 radical (unpaired) electrons. The minimum absolute atomic E-state index is 0.00690. The summed E-state index contributed by atoms with van der Waals surface area (Å²) in [6, 6.07) is 4.42. The van der Waals surface area contributed by atoms with E-state index >= 15 is 0 Å². The van der Waals surface area contributed by atoms with Crippen molar-refractivity contribution in [1.29, 1.82) is 0 Å². The highest BCUT2D eigenvalue weighted by atomic mass is 32.2. The first kappa shape index (κ1) is 14.7. The first-order valence-corrected chi connectivity index (χ1v) is 7.24. The molecule has 5 nitrogen and oxygen atoms in total. The van der Waals surface area contributed by atoms with Crippen LogP contribution >= 0.6 is 0 Å². The number of anilines is 1. The summed E-state index contributed by atoms with van der Waals surface area (Å²) in [7, 11) is -3.75. The Morgan fingerprint density at radius 3 is 2.56 bits per heavy atom. The third-order valence-corrected chi connectivity index (χ3v) is 3.77. The van der Waals surface area contributed by atoms with Crippen LogP contribution in [0.5, 0.6) is 0 Å². The second-order valence-corrected chi connectivity index (χ2v) is 5.88. The summed E-state index contributed by atoms with van der Waals surface area (Å²) in [5.74, 6) is -0.255. The van der Waals surface area contributed by atoms with E-state index in [0.717, 1.165) is 12.0 Å². The summed E-state index contributed by atoms with van der Waals surface area (Å²) in [6.07, 6.45) is 0.722. The molecule has 1 atom stereocenters. The van der Waals surface area contributed by atoms with E-state index in [1.807, 2.05) is 13.8 Å². The molecule has 0 saturated carbocycles. The van der Waals surface area contributed by atoms with Crippen LogP contribution in [-0.2, 0) is 14.8 Å². The molecule has 0 aliphatic rings. The highest BCUT2D eigenvalue weighted by Crippen LogP contribution is 2.20. The Bertz CT molecular complexity index is 552. The molecule has 0 aromatic heterocycles. The molecular weight excluding hydrogens is 252 g/mol. The number of hydrogen-bond donors (Lipinski definition) is 2. The average molecular weight is 270 g/mol. The largest absolute Gasteiger partial charge is 0.326 e. The molecule has 0 aliphatic carbocycles. The van der Waals surface area contributed by atoms with Crippen LogP contribution in [0, 0.1) is 12.8 Å². The van der Waals surface area contributed by atoms with Gasteiger partial charge < -0.3 is 5.32 Å². The normalized spacial score (nSPS) is 13.1. The van der Waals surface area contributed by atoms with Crippen molar-refractivity contribution in [2.45, 2.75) is 32.1 Å². The zero-order valence-electron chi connectivity index (χ0n) is 10.7. The third-order valence-electron chi connectivity index (χ3n) is 2.86. The Labute approximate surface area is 107 Å². The van der Waals surface area contributed by atoms with Crippen LogP contribution in [0.1, 0.15) is 25.8 Å². The third kappa shape index (κ3) is 3.54. The summed E-state index contributed by atoms with van der Waals surface area (Å²) >= 11 is 0. The molecule has 1 unspecified atom stereocenters. The van der Waals surface area contributed by atoms with Crippen molar-refractivity contribution in [2.75, 3.05) is 5.32 Å². The van der Waals surface area contributed by atoms with Gasteiger partial charge in [0.25, 0.3) is 0 Å². The molecule has 6 heteroatoms. The van der Waals surface area contributed by atoms with E-state index in [1.165, 1.54) is 12.1 Å². The van der Waals surface area contributed by atoms with Gasteiger partial charge in [-0.05, 0) is 31.0 Å². The van der Waals surface area contributed by atoms with Crippen LogP contribution in [0.15, 0.2) is 23.1 Å². The van der Waals surface area contributed by atoms with Crippen LogP contribution in [0.4, 0.5) is 5.69 Å². The standard InChI is InChI=1S/C12H18N2O3S/c1-4-8(2)12(15)14-11-7-10(18(13,16)17)6-5-9(11)3/h5-8H,4H2,1-3H3,(H,14,15)(H2,13,16,17). The molecule has 0 bridgehead atoms. The van der Waals surface area contributed by atoms with Crippen molar-refractivity contribution in [3.05, 3.63) is 23.8 Å². The zero-order valence-corrected chi connectivity index (χ0v) is 11.5. The van der Waals surface area contributed by atoms with E-state index in [1.54, 1.807) is 13.0 Å². The van der Waals surface area contributed by atoms with Gasteiger partial charge in [-0.15, -0.1) is 0 Å². The Hall–Kier alpha value is -1.40. The molecule has 0 saturated heterocycles. The Balaban J connectivity index is 3.06. The second kappa shape index (κ2) is 5.49. The number of carbonyl (C=O) groups excluding carboxylic acids is 1. The number of nitrogens with one attached hydrogen (secondary N) is 1.